The molecule has 30 heavy (non-hydrogen) atoms. The first-order valence-electron chi connectivity index (χ1n) is 9.35. The number of para-hydroxylation sites is 2. The fourth-order valence-corrected chi connectivity index (χ4v) is 4.35. The Bertz CT molecular complexity index is 1530. The first kappa shape index (κ1) is 18.4. The Hall–Kier alpha value is -3.65. The molecule has 0 aliphatic rings. The second-order valence-corrected chi connectivity index (χ2v) is 7.78. The van der Waals surface area contributed by atoms with Crippen LogP contribution in [0.4, 0.5) is 4.39 Å². The van der Waals surface area contributed by atoms with Gasteiger partial charge in [-0.25, -0.2) is 18.5 Å². The summed E-state index contributed by atoms with van der Waals surface area (Å²) in [5.41, 5.74) is 3.11. The van der Waals surface area contributed by atoms with E-state index in [-0.39, 0.29) is 23.7 Å². The van der Waals surface area contributed by atoms with Crippen molar-refractivity contribution in [1.82, 2.24) is 19.2 Å². The van der Waals surface area contributed by atoms with Crippen molar-refractivity contribution >= 4 is 39.3 Å². The van der Waals surface area contributed by atoms with Crippen molar-refractivity contribution in [3.8, 4) is 11.3 Å². The number of imidazole rings is 1. The van der Waals surface area contributed by atoms with Crippen molar-refractivity contribution in [2.75, 3.05) is 0 Å². The Morgan fingerprint density at radius 2 is 1.93 bits per heavy atom. The molecule has 0 aliphatic heterocycles. The molecular formula is C22H15FN4O2S. The first-order valence-corrected chi connectivity index (χ1v) is 10.2. The highest BCUT2D eigenvalue weighted by atomic mass is 32.1. The van der Waals surface area contributed by atoms with Gasteiger partial charge in [0.15, 0.2) is 4.96 Å². The van der Waals surface area contributed by atoms with Gasteiger partial charge in [-0.1, -0.05) is 30.4 Å². The van der Waals surface area contributed by atoms with E-state index in [1.165, 1.54) is 28.2 Å². The summed E-state index contributed by atoms with van der Waals surface area (Å²) in [4.78, 5) is 30.4. The summed E-state index contributed by atoms with van der Waals surface area (Å²) in [5, 5.41) is 4.39. The van der Waals surface area contributed by atoms with Crippen molar-refractivity contribution < 1.29 is 9.18 Å². The predicted molar refractivity (Wildman–Crippen MR) is 114 cm³/mol. The lowest BCUT2D eigenvalue weighted by Gasteiger charge is -1.98. The molecule has 3 heterocycles. The fraction of sp³-hybridized carbons (Fsp3) is 0.0909. The van der Waals surface area contributed by atoms with Gasteiger partial charge in [0, 0.05) is 23.7 Å². The van der Waals surface area contributed by atoms with Gasteiger partial charge in [0.1, 0.15) is 11.5 Å². The molecule has 0 aliphatic carbocycles. The molecule has 0 bridgehead atoms. The molecular weight excluding hydrogens is 403 g/mol. The molecule has 0 amide bonds. The zero-order chi connectivity index (χ0) is 20.8. The molecule has 3 aromatic heterocycles. The largest absolute Gasteiger partial charge is 0.274 e. The lowest BCUT2D eigenvalue weighted by atomic mass is 10.1. The quantitative estimate of drug-likeness (QED) is 0.450. The molecule has 0 N–H and O–H groups in total. The van der Waals surface area contributed by atoms with Gasteiger partial charge in [-0.2, -0.15) is 5.10 Å². The zero-order valence-electron chi connectivity index (χ0n) is 15.9. The van der Waals surface area contributed by atoms with Crippen LogP contribution in [0.3, 0.4) is 0 Å². The summed E-state index contributed by atoms with van der Waals surface area (Å²) in [6.45, 7) is 1.75. The van der Waals surface area contributed by atoms with Crippen LogP contribution in [-0.4, -0.2) is 25.1 Å². The normalized spacial score (nSPS) is 12.3. The number of carbonyl (C=O) groups is 1. The molecule has 5 aromatic rings. The van der Waals surface area contributed by atoms with Gasteiger partial charge < -0.3 is 0 Å². The van der Waals surface area contributed by atoms with Gasteiger partial charge in [-0.05, 0) is 42.5 Å². The van der Waals surface area contributed by atoms with E-state index in [0.717, 1.165) is 11.0 Å². The maximum atomic E-state index is 13.4. The highest BCUT2D eigenvalue weighted by Crippen LogP contribution is 2.24. The number of nitrogens with zero attached hydrogens (tertiary/aromatic N) is 4. The monoisotopic (exact) mass is 418 g/mol. The lowest BCUT2D eigenvalue weighted by Crippen LogP contribution is -2.22. The molecule has 0 saturated carbocycles. The van der Waals surface area contributed by atoms with Crippen LogP contribution in [0.15, 0.2) is 59.5 Å². The highest BCUT2D eigenvalue weighted by Gasteiger charge is 2.15. The smallest absolute Gasteiger partial charge is 0.273 e. The highest BCUT2D eigenvalue weighted by molar-refractivity contribution is 7.15. The Labute approximate surface area is 173 Å². The number of aromatic nitrogens is 4. The summed E-state index contributed by atoms with van der Waals surface area (Å²) in [7, 11) is 0. The molecule has 0 radical (unpaired) electrons. The van der Waals surface area contributed by atoms with Crippen molar-refractivity contribution in [3.63, 3.8) is 0 Å². The van der Waals surface area contributed by atoms with Crippen LogP contribution in [0.2, 0.25) is 0 Å². The molecule has 6 nitrogen and oxygen atoms in total. The van der Waals surface area contributed by atoms with E-state index in [2.05, 4.69) is 10.1 Å². The van der Waals surface area contributed by atoms with E-state index in [9.17, 15) is 14.0 Å². The van der Waals surface area contributed by atoms with E-state index < -0.39 is 0 Å². The number of thiazole rings is 1. The third kappa shape index (κ3) is 2.93. The van der Waals surface area contributed by atoms with Crippen LogP contribution in [0, 0.1) is 5.82 Å². The Morgan fingerprint density at radius 3 is 2.70 bits per heavy atom. The number of benzene rings is 2. The molecule has 5 rings (SSSR count). The van der Waals surface area contributed by atoms with Crippen molar-refractivity contribution in [2.24, 2.45) is 0 Å². The van der Waals surface area contributed by atoms with Gasteiger partial charge in [0.2, 0.25) is 5.91 Å². The second kappa shape index (κ2) is 7.00. The Balaban J connectivity index is 1.73. The minimum atomic E-state index is -0.360. The molecule has 0 atom stereocenters. The SMILES string of the molecule is CCC(=O)n1cc(/C=c2\sc3nc4ccccc4n3c2=O)c(-c2ccc(F)cc2)n1. The van der Waals surface area contributed by atoms with Crippen molar-refractivity contribution in [2.45, 2.75) is 13.3 Å². The average molecular weight is 418 g/mol. The standard InChI is InChI=1S/C22H15FN4O2S/c1-2-19(28)26-12-14(20(25-26)13-7-9-15(23)10-8-13)11-18-21(29)27-17-6-4-3-5-16(17)24-22(27)30-18/h3-12H,2H2,1H3/b18-11-. The van der Waals surface area contributed by atoms with Crippen LogP contribution in [0.1, 0.15) is 23.7 Å². The van der Waals surface area contributed by atoms with E-state index >= 15 is 0 Å². The first-order chi connectivity index (χ1) is 14.5. The van der Waals surface area contributed by atoms with E-state index in [4.69, 9.17) is 0 Å². The molecule has 2 aromatic carbocycles. The van der Waals surface area contributed by atoms with E-state index in [1.54, 1.807) is 35.7 Å². The Morgan fingerprint density at radius 1 is 1.17 bits per heavy atom. The van der Waals surface area contributed by atoms with Crippen LogP contribution >= 0.6 is 11.3 Å². The van der Waals surface area contributed by atoms with Crippen molar-refractivity contribution in [1.29, 1.82) is 0 Å². The third-order valence-electron chi connectivity index (χ3n) is 4.85. The minimum Gasteiger partial charge on any atom is -0.273 e. The van der Waals surface area contributed by atoms with Gasteiger partial charge in [0.25, 0.3) is 5.56 Å². The summed E-state index contributed by atoms with van der Waals surface area (Å²) in [6.07, 6.45) is 3.60. The zero-order valence-corrected chi connectivity index (χ0v) is 16.7. The third-order valence-corrected chi connectivity index (χ3v) is 5.82. The average Bonchev–Trinajstić information content (AvgIpc) is 3.42. The number of halogens is 1. The summed E-state index contributed by atoms with van der Waals surface area (Å²) >= 11 is 1.28. The topological polar surface area (TPSA) is 69.3 Å². The van der Waals surface area contributed by atoms with Gasteiger partial charge in [0.05, 0.1) is 15.6 Å². The van der Waals surface area contributed by atoms with E-state index in [1.807, 2.05) is 24.3 Å². The number of carbonyl (C=O) groups excluding carboxylic acids is 1. The maximum absolute atomic E-state index is 13.4. The van der Waals surface area contributed by atoms with Crippen LogP contribution in [-0.2, 0) is 0 Å². The van der Waals surface area contributed by atoms with Crippen molar-refractivity contribution in [3.05, 3.63) is 81.0 Å². The molecule has 0 fully saturated rings. The van der Waals surface area contributed by atoms with Crippen LogP contribution in [0.25, 0.3) is 33.3 Å². The summed E-state index contributed by atoms with van der Waals surface area (Å²) < 4.78 is 16.7. The van der Waals surface area contributed by atoms with E-state index in [0.29, 0.717) is 26.3 Å². The molecule has 8 heteroatoms. The van der Waals surface area contributed by atoms with Crippen LogP contribution < -0.4 is 10.1 Å². The number of hydrogen-bond donors (Lipinski definition) is 0. The van der Waals surface area contributed by atoms with Gasteiger partial charge in [-0.3, -0.25) is 9.59 Å². The number of hydrogen-bond acceptors (Lipinski definition) is 5. The fourth-order valence-electron chi connectivity index (χ4n) is 3.37. The lowest BCUT2D eigenvalue weighted by molar-refractivity contribution is 0.0893. The molecule has 0 saturated heterocycles. The predicted octanol–water partition coefficient (Wildman–Crippen LogP) is 3.51. The molecule has 0 unspecified atom stereocenters. The molecule has 0 spiro atoms. The van der Waals surface area contributed by atoms with Gasteiger partial charge in [-0.15, -0.1) is 0 Å². The maximum Gasteiger partial charge on any atom is 0.274 e. The summed E-state index contributed by atoms with van der Waals surface area (Å²) in [6, 6.07) is 13.3. The summed E-state index contributed by atoms with van der Waals surface area (Å²) in [5.74, 6) is -0.533. The number of rotatable bonds is 3. The second-order valence-electron chi connectivity index (χ2n) is 6.77. The molecule has 148 valence electrons. The van der Waals surface area contributed by atoms with Gasteiger partial charge >= 0.3 is 0 Å². The minimum absolute atomic E-state index is 0.174. The Kier molecular flexibility index (Phi) is 4.29. The number of fused-ring (bicyclic) bond motifs is 3. The van der Waals surface area contributed by atoms with Crippen LogP contribution in [0.5, 0.6) is 0 Å².